The SMILES string of the molecule is CCC(COCCCNC(=O)CCC/C(C)=N\OCCN(CC)c1ccc(N=Nc2ccc([N+](=O)[O-])c3ccccc23)cc1)CP(=O)([O-])OCCCO. The fraction of sp³-hybridized carbons (Fsp3) is 0.514. The van der Waals surface area contributed by atoms with E-state index in [9.17, 15) is 24.4 Å². The van der Waals surface area contributed by atoms with Gasteiger partial charge in [0, 0.05) is 62.6 Å². The van der Waals surface area contributed by atoms with Crippen LogP contribution in [0.5, 0.6) is 0 Å². The summed E-state index contributed by atoms with van der Waals surface area (Å²) in [4.78, 5) is 43.0. The molecule has 2 atom stereocenters. The molecule has 3 aromatic carbocycles. The van der Waals surface area contributed by atoms with Crippen molar-refractivity contribution >= 4 is 52.7 Å². The predicted octanol–water partition coefficient (Wildman–Crippen LogP) is 7.05. The lowest BCUT2D eigenvalue weighted by Crippen LogP contribution is -2.26. The van der Waals surface area contributed by atoms with Crippen molar-refractivity contribution in [3.63, 3.8) is 0 Å². The summed E-state index contributed by atoms with van der Waals surface area (Å²) in [6.07, 6.45) is 3.06. The molecule has 0 fully saturated rings. The summed E-state index contributed by atoms with van der Waals surface area (Å²) in [5.74, 6) is -0.228. The Morgan fingerprint density at radius 3 is 2.43 bits per heavy atom. The number of likely N-dealkylation sites (N-methyl/N-ethyl adjacent to an activating group) is 1. The molecule has 0 aliphatic rings. The van der Waals surface area contributed by atoms with Crippen molar-refractivity contribution in [2.75, 3.05) is 63.7 Å². The van der Waals surface area contributed by atoms with Gasteiger partial charge in [-0.1, -0.05) is 36.7 Å². The molecule has 53 heavy (non-hydrogen) atoms. The van der Waals surface area contributed by atoms with Crippen molar-refractivity contribution < 1.29 is 38.4 Å². The number of ether oxygens (including phenoxy) is 1. The van der Waals surface area contributed by atoms with Gasteiger partial charge >= 0.3 is 0 Å². The molecule has 0 saturated heterocycles. The third-order valence-corrected chi connectivity index (χ3v) is 9.89. The van der Waals surface area contributed by atoms with Gasteiger partial charge in [-0.3, -0.25) is 14.9 Å². The van der Waals surface area contributed by atoms with Crippen LogP contribution in [0.15, 0.2) is 76.0 Å². The van der Waals surface area contributed by atoms with Gasteiger partial charge in [-0.15, -0.1) is 5.11 Å². The van der Waals surface area contributed by atoms with Crippen LogP contribution >= 0.6 is 7.60 Å². The molecule has 0 aliphatic carbocycles. The first-order valence-electron chi connectivity index (χ1n) is 18.0. The second-order valence-corrected chi connectivity index (χ2v) is 14.3. The Bertz CT molecular complexity index is 1690. The number of rotatable bonds is 26. The van der Waals surface area contributed by atoms with Crippen molar-refractivity contribution in [3.8, 4) is 0 Å². The average Bonchev–Trinajstić information content (AvgIpc) is 3.15. The standard InChI is InChI=1S/C37H53N6O9P/c1-4-30(28-53(48,49)52-25-10-23-44)27-50-24-9-21-38-37(45)14-8-11-29(3)41-51-26-22-42(5-2)32-17-15-31(16-18-32)39-40-35-19-20-36(43(46)47)34-13-7-6-12-33(34)35/h6-7,12-13,15-20,30,44H,4-5,8-11,14,21-28H2,1-3H3,(H,38,45)(H,48,49)/p-1/b40-39?,41-29-. The molecule has 0 saturated carbocycles. The Labute approximate surface area is 311 Å². The molecule has 0 aromatic heterocycles. The van der Waals surface area contributed by atoms with E-state index in [4.69, 9.17) is 19.2 Å². The molecule has 3 rings (SSSR count). The molecule has 16 heteroatoms. The van der Waals surface area contributed by atoms with Crippen molar-refractivity contribution in [1.29, 1.82) is 0 Å². The minimum atomic E-state index is -3.96. The third-order valence-electron chi connectivity index (χ3n) is 8.35. The quantitative estimate of drug-likeness (QED) is 0.0213. The molecule has 290 valence electrons. The van der Waals surface area contributed by atoms with E-state index >= 15 is 0 Å². The summed E-state index contributed by atoms with van der Waals surface area (Å²) in [6, 6.07) is 17.7. The van der Waals surface area contributed by atoms with E-state index in [0.29, 0.717) is 87.2 Å². The van der Waals surface area contributed by atoms with Gasteiger partial charge < -0.3 is 38.9 Å². The molecular weight excluding hydrogens is 703 g/mol. The maximum atomic E-state index is 12.2. The van der Waals surface area contributed by atoms with Crippen LogP contribution in [0, 0.1) is 16.0 Å². The summed E-state index contributed by atoms with van der Waals surface area (Å²) in [5.41, 5.74) is 3.03. The number of fused-ring (bicyclic) bond motifs is 1. The fourth-order valence-electron chi connectivity index (χ4n) is 5.36. The van der Waals surface area contributed by atoms with E-state index in [0.717, 1.165) is 17.9 Å². The highest BCUT2D eigenvalue weighted by atomic mass is 31.2. The third kappa shape index (κ3) is 15.7. The Morgan fingerprint density at radius 2 is 1.74 bits per heavy atom. The second kappa shape index (κ2) is 23.4. The van der Waals surface area contributed by atoms with Gasteiger partial charge in [0.1, 0.15) is 14.2 Å². The monoisotopic (exact) mass is 755 g/mol. The summed E-state index contributed by atoms with van der Waals surface area (Å²) in [6.45, 7) is 8.62. The molecule has 3 aromatic rings. The van der Waals surface area contributed by atoms with Crippen molar-refractivity contribution in [2.24, 2.45) is 21.3 Å². The van der Waals surface area contributed by atoms with Crippen LogP contribution in [0.2, 0.25) is 0 Å². The number of nitrogens with zero attached hydrogens (tertiary/aromatic N) is 5. The number of nitro groups is 1. The Hall–Kier alpha value is -4.27. The summed E-state index contributed by atoms with van der Waals surface area (Å²) < 4.78 is 22.6. The largest absolute Gasteiger partial charge is 0.778 e. The van der Waals surface area contributed by atoms with Crippen LogP contribution < -0.4 is 15.1 Å². The minimum Gasteiger partial charge on any atom is -0.778 e. The van der Waals surface area contributed by atoms with E-state index in [2.05, 4.69) is 32.5 Å². The van der Waals surface area contributed by atoms with Gasteiger partial charge in [0.15, 0.2) is 0 Å². The van der Waals surface area contributed by atoms with E-state index in [-0.39, 0.29) is 43.3 Å². The molecule has 0 bridgehead atoms. The number of nitro benzene ring substituents is 1. The van der Waals surface area contributed by atoms with Crippen LogP contribution in [0.3, 0.4) is 0 Å². The van der Waals surface area contributed by atoms with Crippen LogP contribution in [-0.4, -0.2) is 80.5 Å². The molecule has 0 heterocycles. The number of oxime groups is 1. The first kappa shape index (κ1) is 43.1. The molecule has 0 aliphatic heterocycles. The van der Waals surface area contributed by atoms with Crippen molar-refractivity contribution in [1.82, 2.24) is 5.32 Å². The molecule has 0 radical (unpaired) electrons. The van der Waals surface area contributed by atoms with E-state index in [1.807, 2.05) is 44.2 Å². The van der Waals surface area contributed by atoms with Crippen molar-refractivity contribution in [2.45, 2.75) is 59.3 Å². The summed E-state index contributed by atoms with van der Waals surface area (Å²) >= 11 is 0. The first-order valence-corrected chi connectivity index (χ1v) is 19.8. The van der Waals surface area contributed by atoms with Gasteiger partial charge in [0.05, 0.1) is 40.5 Å². The highest BCUT2D eigenvalue weighted by Crippen LogP contribution is 2.40. The molecule has 2 N–H and O–H groups in total. The Kier molecular flexibility index (Phi) is 19.1. The second-order valence-electron chi connectivity index (χ2n) is 12.5. The molecule has 15 nitrogen and oxygen atoms in total. The highest BCUT2D eigenvalue weighted by molar-refractivity contribution is 7.51. The van der Waals surface area contributed by atoms with Gasteiger partial charge in [0.2, 0.25) is 5.91 Å². The lowest BCUT2D eigenvalue weighted by molar-refractivity contribution is -0.383. The zero-order chi connectivity index (χ0) is 38.5. The van der Waals surface area contributed by atoms with Crippen molar-refractivity contribution in [3.05, 3.63) is 70.8 Å². The number of aliphatic hydroxyl groups is 1. The number of hydrogen-bond donors (Lipinski definition) is 2. The fourth-order valence-corrected chi connectivity index (χ4v) is 6.87. The number of aliphatic hydroxyl groups excluding tert-OH is 1. The maximum absolute atomic E-state index is 12.2. The number of amides is 1. The Morgan fingerprint density at radius 1 is 0.981 bits per heavy atom. The van der Waals surface area contributed by atoms with Crippen LogP contribution in [-0.2, 0) is 23.5 Å². The molecule has 2 unspecified atom stereocenters. The zero-order valence-electron chi connectivity index (χ0n) is 30.9. The van der Waals surface area contributed by atoms with Gasteiger partial charge in [-0.25, -0.2) is 0 Å². The zero-order valence-corrected chi connectivity index (χ0v) is 31.7. The summed E-state index contributed by atoms with van der Waals surface area (Å²) in [5, 5.41) is 37.1. The van der Waals surface area contributed by atoms with Gasteiger partial charge in [-0.2, -0.15) is 5.11 Å². The number of carbonyl (C=O) groups is 1. The topological polar surface area (TPSA) is 201 Å². The lowest BCUT2D eigenvalue weighted by Gasteiger charge is -2.27. The number of azo groups is 1. The highest BCUT2D eigenvalue weighted by Gasteiger charge is 2.17. The minimum absolute atomic E-state index is 0.0168. The lowest BCUT2D eigenvalue weighted by atomic mass is 10.1. The van der Waals surface area contributed by atoms with Gasteiger partial charge in [-0.05, 0) is 81.8 Å². The number of anilines is 1. The summed E-state index contributed by atoms with van der Waals surface area (Å²) in [7, 11) is -3.96. The molecule has 1 amide bonds. The first-order chi connectivity index (χ1) is 25.6. The number of non-ortho nitro benzene ring substituents is 1. The number of benzene rings is 3. The molecular formula is C37H52N6O9P-. The number of hydrogen-bond acceptors (Lipinski definition) is 13. The Balaban J connectivity index is 1.30. The van der Waals surface area contributed by atoms with E-state index < -0.39 is 12.5 Å². The smallest absolute Gasteiger partial charge is 0.277 e. The number of nitrogens with one attached hydrogen (secondary N) is 1. The van der Waals surface area contributed by atoms with Gasteiger partial charge in [0.25, 0.3) is 5.69 Å². The maximum Gasteiger partial charge on any atom is 0.277 e. The number of carbonyl (C=O) groups excluding carboxylic acids is 1. The van der Waals surface area contributed by atoms with E-state index in [1.165, 1.54) is 6.07 Å². The van der Waals surface area contributed by atoms with E-state index in [1.54, 1.807) is 24.3 Å². The van der Waals surface area contributed by atoms with Crippen LogP contribution in [0.25, 0.3) is 10.8 Å². The van der Waals surface area contributed by atoms with Crippen LogP contribution in [0.4, 0.5) is 22.7 Å². The predicted molar refractivity (Wildman–Crippen MR) is 204 cm³/mol. The van der Waals surface area contributed by atoms with Crippen LogP contribution in [0.1, 0.15) is 59.3 Å². The molecule has 0 spiro atoms. The normalized spacial score (nSPS) is 13.6. The average molecular weight is 756 g/mol.